The number of fused-ring (bicyclic) bond motifs is 1. The molecule has 0 saturated carbocycles. The standard InChI is InChI=1S/C25H20ClN5O3S/c26-20-13-11-18(12-14-20)16-30-23-10-4-2-8-21(23)28-25(30)35-17-24(32)29-27-15-5-7-19-6-1-3-9-22(19)31(33)34/h1-15H,16-17H2,(H,29,32)/b7-5+,27-15+. The number of rotatable bonds is 9. The van der Waals surface area contributed by atoms with E-state index in [1.807, 2.05) is 48.5 Å². The van der Waals surface area contributed by atoms with Crippen LogP contribution in [0.1, 0.15) is 11.1 Å². The number of amides is 1. The number of hydrogen-bond donors (Lipinski definition) is 1. The third-order valence-electron chi connectivity index (χ3n) is 4.96. The van der Waals surface area contributed by atoms with Crippen LogP contribution in [-0.2, 0) is 11.3 Å². The third-order valence-corrected chi connectivity index (χ3v) is 6.19. The first kappa shape index (κ1) is 24.2. The SMILES string of the molecule is O=C(CSc1nc2ccccc2n1Cc1ccc(Cl)cc1)N/N=C/C=C/c1ccccc1[N+](=O)[O-]. The number of thioether (sulfide) groups is 1. The highest BCUT2D eigenvalue weighted by Crippen LogP contribution is 2.25. The molecule has 0 unspecified atom stereocenters. The summed E-state index contributed by atoms with van der Waals surface area (Å²) in [5.74, 6) is -0.176. The largest absolute Gasteiger partial charge is 0.314 e. The van der Waals surface area contributed by atoms with Gasteiger partial charge >= 0.3 is 0 Å². The molecule has 1 heterocycles. The van der Waals surface area contributed by atoms with Crippen molar-refractivity contribution < 1.29 is 9.72 Å². The highest BCUT2D eigenvalue weighted by atomic mass is 35.5. The van der Waals surface area contributed by atoms with E-state index in [1.54, 1.807) is 24.3 Å². The minimum Gasteiger partial charge on any atom is -0.314 e. The van der Waals surface area contributed by atoms with Crippen LogP contribution in [0.4, 0.5) is 5.69 Å². The number of benzene rings is 3. The lowest BCUT2D eigenvalue weighted by Gasteiger charge is -2.09. The summed E-state index contributed by atoms with van der Waals surface area (Å²) in [5, 5.41) is 16.3. The van der Waals surface area contributed by atoms with Gasteiger partial charge < -0.3 is 4.57 Å². The molecule has 0 saturated heterocycles. The molecule has 4 aromatic rings. The molecule has 1 N–H and O–H groups in total. The summed E-state index contributed by atoms with van der Waals surface area (Å²) < 4.78 is 2.06. The minimum absolute atomic E-state index is 0.000857. The molecule has 8 nitrogen and oxygen atoms in total. The first-order valence-corrected chi connectivity index (χ1v) is 11.9. The smallest absolute Gasteiger partial charge is 0.276 e. The molecule has 4 rings (SSSR count). The average Bonchev–Trinajstić information content (AvgIpc) is 3.21. The second-order valence-electron chi connectivity index (χ2n) is 7.37. The second kappa shape index (κ2) is 11.5. The van der Waals surface area contributed by atoms with Crippen LogP contribution in [0.2, 0.25) is 5.02 Å². The maximum atomic E-state index is 12.3. The monoisotopic (exact) mass is 505 g/mol. The van der Waals surface area contributed by atoms with Crippen LogP contribution in [-0.4, -0.2) is 32.3 Å². The zero-order valence-corrected chi connectivity index (χ0v) is 19.9. The van der Waals surface area contributed by atoms with Crippen molar-refractivity contribution in [1.82, 2.24) is 15.0 Å². The average molecular weight is 506 g/mol. The number of imidazole rings is 1. The Labute approximate surface area is 210 Å². The molecule has 10 heteroatoms. The molecule has 3 aromatic carbocycles. The number of nitrogens with one attached hydrogen (secondary N) is 1. The van der Waals surface area contributed by atoms with Gasteiger partial charge in [0.1, 0.15) is 0 Å². The number of nitro groups is 1. The Morgan fingerprint density at radius 1 is 1.11 bits per heavy atom. The van der Waals surface area contributed by atoms with Gasteiger partial charge in [-0.2, -0.15) is 5.10 Å². The molecular formula is C25H20ClN5O3S. The van der Waals surface area contributed by atoms with Gasteiger partial charge in [0.05, 0.1) is 33.8 Å². The van der Waals surface area contributed by atoms with Crippen LogP contribution in [0.15, 0.2) is 89.1 Å². The lowest BCUT2D eigenvalue weighted by molar-refractivity contribution is -0.385. The van der Waals surface area contributed by atoms with Gasteiger partial charge in [0.25, 0.3) is 11.6 Å². The highest BCUT2D eigenvalue weighted by molar-refractivity contribution is 7.99. The van der Waals surface area contributed by atoms with Gasteiger partial charge in [-0.1, -0.05) is 59.8 Å². The van der Waals surface area contributed by atoms with Crippen molar-refractivity contribution in [1.29, 1.82) is 0 Å². The summed E-state index contributed by atoms with van der Waals surface area (Å²) in [6.07, 6.45) is 4.46. The van der Waals surface area contributed by atoms with E-state index in [4.69, 9.17) is 11.6 Å². The lowest BCUT2D eigenvalue weighted by atomic mass is 10.2. The zero-order chi connectivity index (χ0) is 24.6. The molecule has 0 aliphatic carbocycles. The van der Waals surface area contributed by atoms with Crippen molar-refractivity contribution in [2.75, 3.05) is 5.75 Å². The molecule has 1 amide bonds. The summed E-state index contributed by atoms with van der Waals surface area (Å²) in [6.45, 7) is 0.593. The predicted octanol–water partition coefficient (Wildman–Crippen LogP) is 5.55. The van der Waals surface area contributed by atoms with Crippen molar-refractivity contribution in [2.45, 2.75) is 11.7 Å². The highest BCUT2D eigenvalue weighted by Gasteiger charge is 2.13. The quantitative estimate of drug-likeness (QED) is 0.139. The summed E-state index contributed by atoms with van der Waals surface area (Å²) in [5.41, 5.74) is 5.80. The topological polar surface area (TPSA) is 102 Å². The Kier molecular flexibility index (Phi) is 7.92. The molecule has 1 aromatic heterocycles. The zero-order valence-electron chi connectivity index (χ0n) is 18.4. The van der Waals surface area contributed by atoms with Crippen molar-refractivity contribution in [3.8, 4) is 0 Å². The predicted molar refractivity (Wildman–Crippen MR) is 140 cm³/mol. The van der Waals surface area contributed by atoms with E-state index < -0.39 is 4.92 Å². The fourth-order valence-electron chi connectivity index (χ4n) is 3.34. The number of carbonyl (C=O) groups excluding carboxylic acids is 1. The Bertz CT molecular complexity index is 1420. The molecule has 0 spiro atoms. The summed E-state index contributed by atoms with van der Waals surface area (Å²) in [6, 6.07) is 21.8. The summed E-state index contributed by atoms with van der Waals surface area (Å²) in [7, 11) is 0. The molecule has 0 fully saturated rings. The van der Waals surface area contributed by atoms with Crippen LogP contribution < -0.4 is 5.43 Å². The number of nitro benzene ring substituents is 1. The Balaban J connectivity index is 1.38. The number of hydrazone groups is 1. The van der Waals surface area contributed by atoms with Crippen LogP contribution in [0.25, 0.3) is 17.1 Å². The van der Waals surface area contributed by atoms with Gasteiger partial charge in [0, 0.05) is 17.3 Å². The Morgan fingerprint density at radius 2 is 1.86 bits per heavy atom. The van der Waals surface area contributed by atoms with Crippen LogP contribution in [0, 0.1) is 10.1 Å². The van der Waals surface area contributed by atoms with Crippen LogP contribution >= 0.6 is 23.4 Å². The minimum atomic E-state index is -0.448. The second-order valence-corrected chi connectivity index (χ2v) is 8.75. The van der Waals surface area contributed by atoms with Gasteiger partial charge in [-0.25, -0.2) is 10.4 Å². The number of hydrogen-bond acceptors (Lipinski definition) is 6. The summed E-state index contributed by atoms with van der Waals surface area (Å²) in [4.78, 5) is 27.6. The van der Waals surface area contributed by atoms with Crippen molar-refractivity contribution >= 4 is 58.3 Å². The maximum absolute atomic E-state index is 12.3. The first-order valence-electron chi connectivity index (χ1n) is 10.6. The van der Waals surface area contributed by atoms with Gasteiger partial charge in [0.15, 0.2) is 5.16 Å². The fourth-order valence-corrected chi connectivity index (χ4v) is 4.28. The molecule has 0 aliphatic heterocycles. The fraction of sp³-hybridized carbons (Fsp3) is 0.0800. The molecule has 0 atom stereocenters. The van der Waals surface area contributed by atoms with Crippen LogP contribution in [0.5, 0.6) is 0 Å². The molecular weight excluding hydrogens is 486 g/mol. The summed E-state index contributed by atoms with van der Waals surface area (Å²) >= 11 is 7.32. The Hall–Kier alpha value is -3.95. The number of carbonyl (C=O) groups is 1. The number of halogens is 1. The molecule has 0 radical (unpaired) electrons. The molecule has 176 valence electrons. The normalized spacial score (nSPS) is 11.5. The molecule has 0 aliphatic rings. The molecule has 35 heavy (non-hydrogen) atoms. The Morgan fingerprint density at radius 3 is 2.66 bits per heavy atom. The van der Waals surface area contributed by atoms with E-state index in [1.165, 1.54) is 30.1 Å². The first-order chi connectivity index (χ1) is 17.0. The lowest BCUT2D eigenvalue weighted by Crippen LogP contribution is -2.19. The van der Waals surface area contributed by atoms with E-state index >= 15 is 0 Å². The van der Waals surface area contributed by atoms with E-state index in [0.29, 0.717) is 17.1 Å². The van der Waals surface area contributed by atoms with Crippen LogP contribution in [0.3, 0.4) is 0 Å². The number of aromatic nitrogens is 2. The van der Waals surface area contributed by atoms with Gasteiger partial charge in [-0.05, 0) is 48.0 Å². The van der Waals surface area contributed by atoms with Gasteiger partial charge in [-0.3, -0.25) is 14.9 Å². The number of nitrogens with zero attached hydrogens (tertiary/aromatic N) is 4. The number of para-hydroxylation sites is 3. The van der Waals surface area contributed by atoms with Gasteiger partial charge in [0.2, 0.25) is 0 Å². The van der Waals surface area contributed by atoms with E-state index in [9.17, 15) is 14.9 Å². The van der Waals surface area contributed by atoms with Crippen molar-refractivity contribution in [2.24, 2.45) is 5.10 Å². The maximum Gasteiger partial charge on any atom is 0.276 e. The number of allylic oxidation sites excluding steroid dienone is 1. The van der Waals surface area contributed by atoms with E-state index in [2.05, 4.69) is 20.1 Å². The van der Waals surface area contributed by atoms with E-state index in [-0.39, 0.29) is 17.3 Å². The van der Waals surface area contributed by atoms with Gasteiger partial charge in [-0.15, -0.1) is 0 Å². The van der Waals surface area contributed by atoms with Crippen molar-refractivity contribution in [3.05, 3.63) is 105 Å². The third kappa shape index (κ3) is 6.34. The van der Waals surface area contributed by atoms with Crippen molar-refractivity contribution in [3.63, 3.8) is 0 Å². The molecule has 0 bridgehead atoms. The van der Waals surface area contributed by atoms with E-state index in [0.717, 1.165) is 21.8 Å².